The lowest BCUT2D eigenvalue weighted by Gasteiger charge is -2.21. The molecule has 0 heterocycles. The molecule has 0 aromatic heterocycles. The van der Waals surface area contributed by atoms with Gasteiger partial charge in [-0.2, -0.15) is 0 Å². The Balaban J connectivity index is 2.77. The van der Waals surface area contributed by atoms with Crippen molar-refractivity contribution in [2.24, 2.45) is 0 Å². The van der Waals surface area contributed by atoms with Crippen molar-refractivity contribution in [3.8, 4) is 0 Å². The van der Waals surface area contributed by atoms with E-state index in [4.69, 9.17) is 20.9 Å². The van der Waals surface area contributed by atoms with Crippen LogP contribution in [0.3, 0.4) is 0 Å². The molecule has 0 fully saturated rings. The Morgan fingerprint density at radius 3 is 2.17 bits per heavy atom. The van der Waals surface area contributed by atoms with Crippen LogP contribution in [0.5, 0.6) is 0 Å². The number of benzene rings is 1. The van der Waals surface area contributed by atoms with Crippen molar-refractivity contribution < 1.29 is 9.05 Å². The molecule has 0 spiro atoms. The Morgan fingerprint density at radius 2 is 1.67 bits per heavy atom. The van der Waals surface area contributed by atoms with Crippen molar-refractivity contribution >= 4 is 28.9 Å². The van der Waals surface area contributed by atoms with E-state index in [1.54, 1.807) is 11.4 Å². The van der Waals surface area contributed by atoms with E-state index in [0.717, 1.165) is 17.7 Å². The van der Waals surface area contributed by atoms with Crippen LogP contribution >= 0.6 is 17.1 Å². The summed E-state index contributed by atoms with van der Waals surface area (Å²) >= 11 is 7.18. The third kappa shape index (κ3) is 5.41. The molecule has 0 unspecified atom stereocenters. The monoisotopic (exact) mass is 304 g/mol. The van der Waals surface area contributed by atoms with Crippen LogP contribution < -0.4 is 0 Å². The zero-order chi connectivity index (χ0) is 13.4. The lowest BCUT2D eigenvalue weighted by atomic mass is 10.2. The van der Waals surface area contributed by atoms with Gasteiger partial charge in [0.1, 0.15) is 0 Å². The summed E-state index contributed by atoms with van der Waals surface area (Å²) in [6, 6.07) is 8.21. The molecule has 1 aromatic carbocycles. The molecule has 0 bridgehead atoms. The Bertz CT molecular complexity index is 398. The van der Waals surface area contributed by atoms with Gasteiger partial charge in [0.15, 0.2) is 0 Å². The van der Waals surface area contributed by atoms with E-state index >= 15 is 0 Å². The van der Waals surface area contributed by atoms with Crippen molar-refractivity contribution in [2.45, 2.75) is 38.5 Å². The summed E-state index contributed by atoms with van der Waals surface area (Å²) < 4.78 is 11.6. The van der Waals surface area contributed by atoms with Crippen LogP contribution in [0.2, 0.25) is 0 Å². The molecular weight excluding hydrogens is 283 g/mol. The average Bonchev–Trinajstić information content (AvgIpc) is 2.37. The molecular formula is C13H21O2PS2. The van der Waals surface area contributed by atoms with E-state index in [-0.39, 0.29) is 0 Å². The van der Waals surface area contributed by atoms with Gasteiger partial charge in [-0.15, -0.1) is 0 Å². The van der Waals surface area contributed by atoms with E-state index in [1.807, 2.05) is 12.1 Å². The van der Waals surface area contributed by atoms with Gasteiger partial charge in [-0.05, 0) is 54.6 Å². The first-order valence-corrected chi connectivity index (χ1v) is 10.3. The highest BCUT2D eigenvalue weighted by Crippen LogP contribution is 2.64. The third-order valence-corrected chi connectivity index (χ3v) is 7.28. The molecule has 2 nitrogen and oxygen atoms in total. The summed E-state index contributed by atoms with van der Waals surface area (Å²) in [6.45, 7) is 7.58. The molecule has 0 saturated heterocycles. The quantitative estimate of drug-likeness (QED) is 0.617. The first kappa shape index (κ1) is 16.2. The van der Waals surface area contributed by atoms with Crippen LogP contribution in [0.15, 0.2) is 29.2 Å². The summed E-state index contributed by atoms with van der Waals surface area (Å²) in [7, 11) is 0. The lowest BCUT2D eigenvalue weighted by Crippen LogP contribution is -1.95. The number of aryl methyl sites for hydroxylation is 1. The molecule has 0 N–H and O–H groups in total. The van der Waals surface area contributed by atoms with Gasteiger partial charge < -0.3 is 9.05 Å². The van der Waals surface area contributed by atoms with E-state index in [2.05, 4.69) is 32.9 Å². The molecule has 0 aliphatic heterocycles. The van der Waals surface area contributed by atoms with Gasteiger partial charge in [-0.25, -0.2) is 0 Å². The van der Waals surface area contributed by atoms with Gasteiger partial charge in [-0.1, -0.05) is 32.0 Å². The number of hydrogen-bond donors (Lipinski definition) is 0. The van der Waals surface area contributed by atoms with Crippen molar-refractivity contribution in [1.82, 2.24) is 0 Å². The molecule has 5 heteroatoms. The largest absolute Gasteiger partial charge is 0.321 e. The van der Waals surface area contributed by atoms with Gasteiger partial charge in [0, 0.05) is 4.90 Å². The third-order valence-electron chi connectivity index (χ3n) is 2.21. The Morgan fingerprint density at radius 1 is 1.11 bits per heavy atom. The van der Waals surface area contributed by atoms with Crippen molar-refractivity contribution in [1.29, 1.82) is 0 Å². The molecule has 0 aliphatic rings. The smallest absolute Gasteiger partial charge is 0.252 e. The molecule has 1 aromatic rings. The standard InChI is InChI=1S/C13H21O2PS2/c1-4-10-14-16(17,15-11-5-2)18-13-9-7-6-8-12(13)3/h6-9H,4-5,10-11H2,1-3H3. The Hall–Kier alpha value is 0.140. The topological polar surface area (TPSA) is 18.5 Å². The maximum Gasteiger partial charge on any atom is 0.252 e. The highest BCUT2D eigenvalue weighted by Gasteiger charge is 2.21. The van der Waals surface area contributed by atoms with Gasteiger partial charge in [0.05, 0.1) is 13.2 Å². The fourth-order valence-electron chi connectivity index (χ4n) is 1.28. The highest BCUT2D eigenvalue weighted by atomic mass is 32.9. The lowest BCUT2D eigenvalue weighted by molar-refractivity contribution is 0.260. The van der Waals surface area contributed by atoms with Crippen molar-refractivity contribution in [2.75, 3.05) is 13.2 Å². The maximum absolute atomic E-state index is 5.81. The van der Waals surface area contributed by atoms with Crippen molar-refractivity contribution in [3.05, 3.63) is 29.8 Å². The van der Waals surface area contributed by atoms with Crippen LogP contribution in [0, 0.1) is 6.92 Å². The molecule has 0 atom stereocenters. The van der Waals surface area contributed by atoms with Gasteiger partial charge in [-0.3, -0.25) is 0 Å². The van der Waals surface area contributed by atoms with Gasteiger partial charge in [0.2, 0.25) is 0 Å². The van der Waals surface area contributed by atoms with E-state index in [9.17, 15) is 0 Å². The van der Waals surface area contributed by atoms with Crippen LogP contribution in [0.1, 0.15) is 32.3 Å². The average molecular weight is 304 g/mol. The van der Waals surface area contributed by atoms with Crippen LogP contribution in [0.4, 0.5) is 0 Å². The fourth-order valence-corrected chi connectivity index (χ4v) is 6.13. The second kappa shape index (κ2) is 8.34. The molecule has 0 saturated carbocycles. The molecule has 102 valence electrons. The Labute approximate surface area is 119 Å². The highest BCUT2D eigenvalue weighted by molar-refractivity contribution is 8.67. The second-order valence-corrected chi connectivity index (χ2v) is 10.1. The minimum atomic E-state index is -2.25. The first-order valence-electron chi connectivity index (χ1n) is 6.25. The number of hydrogen-bond acceptors (Lipinski definition) is 4. The molecule has 0 amide bonds. The zero-order valence-electron chi connectivity index (χ0n) is 11.2. The summed E-state index contributed by atoms with van der Waals surface area (Å²) in [6.07, 6.45) is 1.92. The molecule has 0 aliphatic carbocycles. The van der Waals surface area contributed by atoms with E-state index in [0.29, 0.717) is 13.2 Å². The molecule has 0 radical (unpaired) electrons. The van der Waals surface area contributed by atoms with Gasteiger partial charge in [0.25, 0.3) is 5.69 Å². The molecule has 1 rings (SSSR count). The first-order chi connectivity index (χ1) is 8.61. The van der Waals surface area contributed by atoms with Crippen LogP contribution in [-0.2, 0) is 20.9 Å². The second-order valence-electron chi connectivity index (χ2n) is 3.97. The Kier molecular flexibility index (Phi) is 7.50. The summed E-state index contributed by atoms with van der Waals surface area (Å²) in [4.78, 5) is 1.16. The normalized spacial score (nSPS) is 11.7. The van der Waals surface area contributed by atoms with Gasteiger partial charge >= 0.3 is 0 Å². The predicted molar refractivity (Wildman–Crippen MR) is 83.8 cm³/mol. The fraction of sp³-hybridized carbons (Fsp3) is 0.538. The molecule has 18 heavy (non-hydrogen) atoms. The minimum absolute atomic E-state index is 0.667. The summed E-state index contributed by atoms with van der Waals surface area (Å²) in [5.74, 6) is 0. The zero-order valence-corrected chi connectivity index (χ0v) is 13.7. The van der Waals surface area contributed by atoms with Crippen LogP contribution in [-0.4, -0.2) is 13.2 Å². The predicted octanol–water partition coefficient (Wildman–Crippen LogP) is 5.16. The van der Waals surface area contributed by atoms with E-state index < -0.39 is 5.69 Å². The maximum atomic E-state index is 5.81. The minimum Gasteiger partial charge on any atom is -0.321 e. The SMILES string of the molecule is CCCOP(=S)(OCCC)Sc1ccccc1C. The number of rotatable bonds is 8. The van der Waals surface area contributed by atoms with Crippen molar-refractivity contribution in [3.63, 3.8) is 0 Å². The van der Waals surface area contributed by atoms with Crippen LogP contribution in [0.25, 0.3) is 0 Å². The summed E-state index contributed by atoms with van der Waals surface area (Å²) in [5.41, 5.74) is -1.03. The van der Waals surface area contributed by atoms with E-state index in [1.165, 1.54) is 5.56 Å². The summed E-state index contributed by atoms with van der Waals surface area (Å²) in [5, 5.41) is 0.